The minimum absolute atomic E-state index is 0. The molecule has 0 radical (unpaired) electrons. The number of likely N-dealkylation sites (N-methyl/N-ethyl adjacent to an activating group) is 1. The molecule has 0 N–H and O–H groups in total. The van der Waals surface area contributed by atoms with Gasteiger partial charge in [0.2, 0.25) is 0 Å². The Morgan fingerprint density at radius 1 is 0.897 bits per heavy atom. The molecule has 2 unspecified atom stereocenters. The van der Waals surface area contributed by atoms with Gasteiger partial charge in [-0.3, -0.25) is 0 Å². The first-order valence-corrected chi connectivity index (χ1v) is 10.2. The van der Waals surface area contributed by atoms with Gasteiger partial charge in [0.25, 0.3) is 0 Å². The minimum atomic E-state index is 0. The monoisotopic (exact) mass is 407 g/mol. The van der Waals surface area contributed by atoms with E-state index in [0.29, 0.717) is 18.6 Å². The second-order valence-corrected chi connectivity index (χ2v) is 8.07. The van der Waals surface area contributed by atoms with Crippen molar-refractivity contribution in [2.75, 3.05) is 14.1 Å². The van der Waals surface area contributed by atoms with E-state index in [4.69, 9.17) is 4.74 Å². The highest BCUT2D eigenvalue weighted by atomic mass is 35.5. The average molecular weight is 408 g/mol. The largest absolute Gasteiger partial charge is 0.489 e. The topological polar surface area (TPSA) is 12.5 Å². The van der Waals surface area contributed by atoms with Crippen molar-refractivity contribution in [3.63, 3.8) is 0 Å². The van der Waals surface area contributed by atoms with Gasteiger partial charge in [0.05, 0.1) is 0 Å². The first-order valence-electron chi connectivity index (χ1n) is 10.2. The quantitative estimate of drug-likeness (QED) is 0.489. The molecule has 0 aromatic heterocycles. The molecule has 0 spiro atoms. The molecule has 29 heavy (non-hydrogen) atoms. The molecule has 1 aliphatic rings. The van der Waals surface area contributed by atoms with Crippen molar-refractivity contribution >= 4 is 12.4 Å². The maximum absolute atomic E-state index is 6.10. The fourth-order valence-electron chi connectivity index (χ4n) is 4.39. The van der Waals surface area contributed by atoms with E-state index in [1.54, 1.807) is 0 Å². The SMILES string of the molecule is CC1c2ccc(OCc3ccc(-c4ccccc4)cc3)cc2CCC1N(C)C.Cl. The molecule has 1 aliphatic carbocycles. The lowest BCUT2D eigenvalue weighted by Crippen LogP contribution is -2.36. The molecule has 0 saturated heterocycles. The fraction of sp³-hybridized carbons (Fsp3) is 0.308. The maximum Gasteiger partial charge on any atom is 0.120 e. The number of aryl methyl sites for hydroxylation is 1. The van der Waals surface area contributed by atoms with Gasteiger partial charge in [-0.05, 0) is 72.8 Å². The molecule has 3 heteroatoms. The number of benzene rings is 3. The number of hydrogen-bond donors (Lipinski definition) is 0. The molecule has 4 rings (SSSR count). The Morgan fingerprint density at radius 3 is 2.28 bits per heavy atom. The van der Waals surface area contributed by atoms with Crippen LogP contribution in [0.5, 0.6) is 5.75 Å². The van der Waals surface area contributed by atoms with Crippen molar-refractivity contribution in [2.24, 2.45) is 0 Å². The van der Waals surface area contributed by atoms with Crippen LogP contribution in [0.3, 0.4) is 0 Å². The summed E-state index contributed by atoms with van der Waals surface area (Å²) in [6, 6.07) is 26.4. The number of nitrogens with zero attached hydrogens (tertiary/aromatic N) is 1. The van der Waals surface area contributed by atoms with Crippen LogP contribution in [0.2, 0.25) is 0 Å². The van der Waals surface area contributed by atoms with Crippen LogP contribution in [-0.2, 0) is 13.0 Å². The van der Waals surface area contributed by atoms with Crippen LogP contribution in [0.15, 0.2) is 72.8 Å². The number of hydrogen-bond acceptors (Lipinski definition) is 2. The number of ether oxygens (including phenoxy) is 1. The summed E-state index contributed by atoms with van der Waals surface area (Å²) in [6.07, 6.45) is 2.34. The summed E-state index contributed by atoms with van der Waals surface area (Å²) < 4.78 is 6.10. The van der Waals surface area contributed by atoms with E-state index in [1.165, 1.54) is 34.2 Å². The summed E-state index contributed by atoms with van der Waals surface area (Å²) in [5.41, 5.74) is 6.60. The highest BCUT2D eigenvalue weighted by Crippen LogP contribution is 2.35. The van der Waals surface area contributed by atoms with Crippen LogP contribution in [0, 0.1) is 0 Å². The third-order valence-corrected chi connectivity index (χ3v) is 6.02. The molecule has 3 aromatic rings. The molecule has 0 amide bonds. The zero-order valence-corrected chi connectivity index (χ0v) is 18.3. The predicted octanol–water partition coefficient (Wildman–Crippen LogP) is 6.33. The van der Waals surface area contributed by atoms with E-state index in [0.717, 1.165) is 12.2 Å². The molecule has 2 atom stereocenters. The number of rotatable bonds is 5. The van der Waals surface area contributed by atoms with Gasteiger partial charge in [-0.2, -0.15) is 0 Å². The van der Waals surface area contributed by atoms with Crippen molar-refractivity contribution in [3.05, 3.63) is 89.5 Å². The summed E-state index contributed by atoms with van der Waals surface area (Å²) in [5.74, 6) is 1.54. The van der Waals surface area contributed by atoms with Crippen LogP contribution in [-0.4, -0.2) is 25.0 Å². The predicted molar refractivity (Wildman–Crippen MR) is 124 cm³/mol. The Labute approximate surface area is 180 Å². The fourth-order valence-corrected chi connectivity index (χ4v) is 4.39. The van der Waals surface area contributed by atoms with E-state index in [2.05, 4.69) is 92.6 Å². The third kappa shape index (κ3) is 4.83. The molecule has 152 valence electrons. The van der Waals surface area contributed by atoms with Gasteiger partial charge in [-0.25, -0.2) is 0 Å². The average Bonchev–Trinajstić information content (AvgIpc) is 2.73. The zero-order valence-electron chi connectivity index (χ0n) is 17.5. The molecule has 0 fully saturated rings. The molecular weight excluding hydrogens is 378 g/mol. The second kappa shape index (κ2) is 9.47. The molecular formula is C26H30ClNO. The first kappa shape index (κ1) is 21.4. The van der Waals surface area contributed by atoms with Gasteiger partial charge in [0.1, 0.15) is 12.4 Å². The third-order valence-electron chi connectivity index (χ3n) is 6.02. The number of fused-ring (bicyclic) bond motifs is 1. The van der Waals surface area contributed by atoms with Crippen molar-refractivity contribution in [3.8, 4) is 16.9 Å². The Kier molecular flexibility index (Phi) is 7.00. The highest BCUT2D eigenvalue weighted by Gasteiger charge is 2.27. The Morgan fingerprint density at radius 2 is 1.59 bits per heavy atom. The maximum atomic E-state index is 6.10. The van der Waals surface area contributed by atoms with Crippen molar-refractivity contribution in [1.82, 2.24) is 4.90 Å². The van der Waals surface area contributed by atoms with Crippen molar-refractivity contribution < 1.29 is 4.74 Å². The van der Waals surface area contributed by atoms with Gasteiger partial charge >= 0.3 is 0 Å². The summed E-state index contributed by atoms with van der Waals surface area (Å²) in [7, 11) is 4.37. The van der Waals surface area contributed by atoms with E-state index in [-0.39, 0.29) is 12.4 Å². The Bertz CT molecular complexity index is 921. The summed E-state index contributed by atoms with van der Waals surface area (Å²) >= 11 is 0. The van der Waals surface area contributed by atoms with Crippen molar-refractivity contribution in [1.29, 1.82) is 0 Å². The lowest BCUT2D eigenvalue weighted by Gasteiger charge is -2.35. The molecule has 0 aliphatic heterocycles. The van der Waals surface area contributed by atoms with E-state index < -0.39 is 0 Å². The number of halogens is 1. The van der Waals surface area contributed by atoms with E-state index in [1.807, 2.05) is 6.07 Å². The zero-order chi connectivity index (χ0) is 19.5. The first-order chi connectivity index (χ1) is 13.6. The van der Waals surface area contributed by atoms with Gasteiger partial charge in [-0.1, -0.05) is 67.6 Å². The molecule has 0 saturated carbocycles. The molecule has 0 heterocycles. The second-order valence-electron chi connectivity index (χ2n) is 8.07. The van der Waals surface area contributed by atoms with E-state index in [9.17, 15) is 0 Å². The van der Waals surface area contributed by atoms with Crippen molar-refractivity contribution in [2.45, 2.75) is 38.3 Å². The Balaban J connectivity index is 0.00000240. The van der Waals surface area contributed by atoms with Gasteiger partial charge < -0.3 is 9.64 Å². The minimum Gasteiger partial charge on any atom is -0.489 e. The molecule has 0 bridgehead atoms. The van der Waals surface area contributed by atoms with Gasteiger partial charge in [0, 0.05) is 6.04 Å². The standard InChI is InChI=1S/C26H29NO.ClH/c1-19-25-15-14-24(17-23(25)13-16-26(19)27(2)3)28-18-20-9-11-22(12-10-20)21-7-5-4-6-8-21;/h4-12,14-15,17,19,26H,13,16,18H2,1-3H3;1H. The van der Waals surface area contributed by atoms with E-state index >= 15 is 0 Å². The summed E-state index contributed by atoms with van der Waals surface area (Å²) in [5, 5.41) is 0. The lowest BCUT2D eigenvalue weighted by atomic mass is 9.80. The van der Waals surface area contributed by atoms with Crippen LogP contribution in [0.25, 0.3) is 11.1 Å². The lowest BCUT2D eigenvalue weighted by molar-refractivity contribution is 0.236. The van der Waals surface area contributed by atoms with Crippen LogP contribution >= 0.6 is 12.4 Å². The van der Waals surface area contributed by atoms with Crippen LogP contribution in [0.1, 0.15) is 36.0 Å². The smallest absolute Gasteiger partial charge is 0.120 e. The summed E-state index contributed by atoms with van der Waals surface area (Å²) in [6.45, 7) is 2.95. The van der Waals surface area contributed by atoms with Gasteiger partial charge in [-0.15, -0.1) is 12.4 Å². The van der Waals surface area contributed by atoms with Crippen LogP contribution in [0.4, 0.5) is 0 Å². The molecule has 2 nitrogen and oxygen atoms in total. The molecule has 3 aromatic carbocycles. The Hall–Kier alpha value is -2.29. The van der Waals surface area contributed by atoms with Gasteiger partial charge in [0.15, 0.2) is 0 Å². The normalized spacial score (nSPS) is 18.1. The highest BCUT2D eigenvalue weighted by molar-refractivity contribution is 5.85. The summed E-state index contributed by atoms with van der Waals surface area (Å²) in [4.78, 5) is 2.36. The van der Waals surface area contributed by atoms with Crippen LogP contribution < -0.4 is 4.74 Å².